The van der Waals surface area contributed by atoms with Gasteiger partial charge in [0.15, 0.2) is 0 Å². The second-order valence-electron chi connectivity index (χ2n) is 4.37. The van der Waals surface area contributed by atoms with Gasteiger partial charge in [-0.15, -0.1) is 0 Å². The highest BCUT2D eigenvalue weighted by atomic mass is 16.5. The average molecular weight is 205 g/mol. The Hall–Kier alpha value is -0.160. The molecule has 0 saturated heterocycles. The van der Waals surface area contributed by atoms with E-state index in [4.69, 9.17) is 14.9 Å². The third-order valence-electron chi connectivity index (χ3n) is 2.18. The van der Waals surface area contributed by atoms with E-state index in [1.165, 1.54) is 0 Å². The molecule has 0 aromatic heterocycles. The van der Waals surface area contributed by atoms with Crippen LogP contribution < -0.4 is 5.32 Å². The minimum absolute atomic E-state index is 0.158. The highest BCUT2D eigenvalue weighted by Gasteiger charge is 2.17. The molecule has 0 bridgehead atoms. The molecule has 0 rings (SSSR count). The summed E-state index contributed by atoms with van der Waals surface area (Å²) in [6.07, 6.45) is 0.319. The summed E-state index contributed by atoms with van der Waals surface area (Å²) in [4.78, 5) is 0. The zero-order chi connectivity index (χ0) is 11.0. The minimum Gasteiger partial charge on any atom is -0.394 e. The van der Waals surface area contributed by atoms with Crippen LogP contribution in [-0.4, -0.2) is 49.7 Å². The van der Waals surface area contributed by atoms with E-state index >= 15 is 0 Å². The van der Waals surface area contributed by atoms with E-state index in [2.05, 4.69) is 19.2 Å². The van der Waals surface area contributed by atoms with E-state index in [1.807, 2.05) is 0 Å². The van der Waals surface area contributed by atoms with Crippen molar-refractivity contribution >= 4 is 0 Å². The molecule has 1 atom stereocenters. The van der Waals surface area contributed by atoms with Crippen molar-refractivity contribution in [3.8, 4) is 0 Å². The molecule has 0 radical (unpaired) electrons. The van der Waals surface area contributed by atoms with Crippen LogP contribution in [0.2, 0.25) is 0 Å². The molecule has 3 N–H and O–H groups in total. The molecule has 0 amide bonds. The van der Waals surface area contributed by atoms with Gasteiger partial charge in [0.1, 0.15) is 0 Å². The molecule has 0 aliphatic rings. The van der Waals surface area contributed by atoms with Crippen LogP contribution in [0.5, 0.6) is 0 Å². The monoisotopic (exact) mass is 205 g/mol. The number of rotatable bonds is 8. The number of aliphatic hydroxyl groups excluding tert-OH is 2. The van der Waals surface area contributed by atoms with E-state index in [0.717, 1.165) is 19.6 Å². The van der Waals surface area contributed by atoms with Gasteiger partial charge >= 0.3 is 0 Å². The summed E-state index contributed by atoms with van der Waals surface area (Å²) in [5.41, 5.74) is 0.158. The Bertz CT molecular complexity index is 139. The molecule has 4 heteroatoms. The number of nitrogens with one attached hydrogen (secondary N) is 1. The lowest BCUT2D eigenvalue weighted by Crippen LogP contribution is -2.36. The van der Waals surface area contributed by atoms with Crippen LogP contribution in [0.3, 0.4) is 0 Å². The summed E-state index contributed by atoms with van der Waals surface area (Å²) >= 11 is 0. The Morgan fingerprint density at radius 3 is 2.57 bits per heavy atom. The first-order chi connectivity index (χ1) is 6.52. The fraction of sp³-hybridized carbons (Fsp3) is 1.00. The predicted molar refractivity (Wildman–Crippen MR) is 56.2 cm³/mol. The van der Waals surface area contributed by atoms with Gasteiger partial charge < -0.3 is 20.3 Å². The van der Waals surface area contributed by atoms with Gasteiger partial charge in [0.05, 0.1) is 12.7 Å². The fourth-order valence-electron chi connectivity index (χ4n) is 1.11. The Balaban J connectivity index is 3.54. The Morgan fingerprint density at radius 2 is 2.07 bits per heavy atom. The molecule has 0 aromatic rings. The van der Waals surface area contributed by atoms with Gasteiger partial charge in [-0.1, -0.05) is 13.8 Å². The van der Waals surface area contributed by atoms with Crippen LogP contribution >= 0.6 is 0 Å². The summed E-state index contributed by atoms with van der Waals surface area (Å²) in [7, 11) is 1.69. The average Bonchev–Trinajstić information content (AvgIpc) is 2.14. The summed E-state index contributed by atoms with van der Waals surface area (Å²) in [5.74, 6) is 0. The van der Waals surface area contributed by atoms with Gasteiger partial charge in [-0.05, 0) is 11.8 Å². The topological polar surface area (TPSA) is 61.7 Å². The summed E-state index contributed by atoms with van der Waals surface area (Å²) in [6, 6.07) is 0. The van der Waals surface area contributed by atoms with Crippen molar-refractivity contribution in [3.05, 3.63) is 0 Å². The first-order valence-corrected chi connectivity index (χ1v) is 5.00. The molecule has 4 nitrogen and oxygen atoms in total. The van der Waals surface area contributed by atoms with Gasteiger partial charge in [0.25, 0.3) is 0 Å². The molecule has 14 heavy (non-hydrogen) atoms. The highest BCUT2D eigenvalue weighted by Crippen LogP contribution is 2.18. The van der Waals surface area contributed by atoms with Crippen LogP contribution in [0.25, 0.3) is 0 Å². The van der Waals surface area contributed by atoms with E-state index in [9.17, 15) is 0 Å². The van der Waals surface area contributed by atoms with Crippen molar-refractivity contribution in [2.75, 3.05) is 33.4 Å². The van der Waals surface area contributed by atoms with Crippen LogP contribution in [0.15, 0.2) is 0 Å². The molecule has 0 aliphatic carbocycles. The third-order valence-corrected chi connectivity index (χ3v) is 2.18. The van der Waals surface area contributed by atoms with Crippen LogP contribution in [0.1, 0.15) is 20.3 Å². The quantitative estimate of drug-likeness (QED) is 0.521. The summed E-state index contributed by atoms with van der Waals surface area (Å²) in [6.45, 7) is 6.09. The summed E-state index contributed by atoms with van der Waals surface area (Å²) in [5, 5.41) is 20.8. The number of aliphatic hydroxyl groups is 2. The first kappa shape index (κ1) is 13.8. The molecule has 0 saturated carbocycles. The van der Waals surface area contributed by atoms with Gasteiger partial charge in [0.2, 0.25) is 0 Å². The maximum Gasteiger partial charge on any atom is 0.0894 e. The van der Waals surface area contributed by atoms with Gasteiger partial charge in [0, 0.05) is 26.8 Å². The molecule has 0 aliphatic heterocycles. The number of hydrogen-bond donors (Lipinski definition) is 3. The van der Waals surface area contributed by atoms with E-state index in [1.54, 1.807) is 7.11 Å². The van der Waals surface area contributed by atoms with Crippen LogP contribution in [-0.2, 0) is 4.74 Å². The first-order valence-electron chi connectivity index (χ1n) is 5.00. The predicted octanol–water partition coefficient (Wildman–Crippen LogP) is -0.00810. The minimum atomic E-state index is -0.659. The van der Waals surface area contributed by atoms with E-state index in [-0.39, 0.29) is 12.0 Å². The van der Waals surface area contributed by atoms with Crippen molar-refractivity contribution in [1.29, 1.82) is 0 Å². The third kappa shape index (κ3) is 7.26. The van der Waals surface area contributed by atoms with E-state index < -0.39 is 6.10 Å². The Kier molecular flexibility index (Phi) is 7.09. The zero-order valence-corrected chi connectivity index (χ0v) is 9.42. The lowest BCUT2D eigenvalue weighted by atomic mass is 9.90. The fourth-order valence-corrected chi connectivity index (χ4v) is 1.11. The molecule has 86 valence electrons. The molecule has 0 fully saturated rings. The second kappa shape index (κ2) is 7.17. The van der Waals surface area contributed by atoms with Crippen LogP contribution in [0.4, 0.5) is 0 Å². The smallest absolute Gasteiger partial charge is 0.0894 e. The maximum atomic E-state index is 9.09. The molecule has 0 heterocycles. The Morgan fingerprint density at radius 1 is 1.43 bits per heavy atom. The normalized spacial score (nSPS) is 14.4. The number of hydrogen-bond acceptors (Lipinski definition) is 4. The van der Waals surface area contributed by atoms with Gasteiger partial charge in [-0.2, -0.15) is 0 Å². The Labute approximate surface area is 86.3 Å². The second-order valence-corrected chi connectivity index (χ2v) is 4.37. The van der Waals surface area contributed by atoms with Crippen molar-refractivity contribution in [2.45, 2.75) is 26.4 Å². The largest absolute Gasteiger partial charge is 0.394 e. The van der Waals surface area contributed by atoms with Crippen LogP contribution in [0, 0.1) is 5.41 Å². The van der Waals surface area contributed by atoms with Gasteiger partial charge in [-0.3, -0.25) is 0 Å². The zero-order valence-electron chi connectivity index (χ0n) is 9.42. The number of methoxy groups -OCH3 is 1. The molecule has 0 aromatic carbocycles. The van der Waals surface area contributed by atoms with Crippen molar-refractivity contribution in [1.82, 2.24) is 5.32 Å². The standard InChI is InChI=1S/C10H23NO3/c1-10(2,4-5-14-3)8-11-6-9(13)7-12/h9,11-13H,4-8H2,1-3H3/t9-/m0/s1. The lowest BCUT2D eigenvalue weighted by Gasteiger charge is -2.25. The highest BCUT2D eigenvalue weighted by molar-refractivity contribution is 4.72. The SMILES string of the molecule is COCCC(C)(C)CNC[C@H](O)CO. The molecular weight excluding hydrogens is 182 g/mol. The van der Waals surface area contributed by atoms with Crippen molar-refractivity contribution < 1.29 is 14.9 Å². The lowest BCUT2D eigenvalue weighted by molar-refractivity contribution is 0.0898. The molecule has 0 unspecified atom stereocenters. The summed E-state index contributed by atoms with van der Waals surface area (Å²) < 4.78 is 5.01. The van der Waals surface area contributed by atoms with E-state index in [0.29, 0.717) is 6.54 Å². The van der Waals surface area contributed by atoms with Gasteiger partial charge in [-0.25, -0.2) is 0 Å². The van der Waals surface area contributed by atoms with Crippen molar-refractivity contribution in [2.24, 2.45) is 5.41 Å². The maximum absolute atomic E-state index is 9.09. The molecular formula is C10H23NO3. The molecule has 0 spiro atoms. The number of ether oxygens (including phenoxy) is 1. The van der Waals surface area contributed by atoms with Crippen molar-refractivity contribution in [3.63, 3.8) is 0 Å².